The number of carbonyl (C=O) groups is 2. The van der Waals surface area contributed by atoms with Crippen LogP contribution in [-0.4, -0.2) is 30.3 Å². The summed E-state index contributed by atoms with van der Waals surface area (Å²) in [5.74, 6) is -3.58. The van der Waals surface area contributed by atoms with Gasteiger partial charge < -0.3 is 10.6 Å². The summed E-state index contributed by atoms with van der Waals surface area (Å²) in [4.78, 5) is 23.0. The summed E-state index contributed by atoms with van der Waals surface area (Å²) in [6, 6.07) is 2.35. The van der Waals surface area contributed by atoms with Gasteiger partial charge in [-0.15, -0.1) is 0 Å². The predicted molar refractivity (Wildman–Crippen MR) is 57.6 cm³/mol. The highest BCUT2D eigenvalue weighted by Gasteiger charge is 2.36. The molecule has 0 saturated carbocycles. The lowest BCUT2D eigenvalue weighted by Crippen LogP contribution is -2.36. The Bertz CT molecular complexity index is 514. The minimum absolute atomic E-state index is 0.519. The van der Waals surface area contributed by atoms with Crippen molar-refractivity contribution in [3.05, 3.63) is 35.1 Å². The molecule has 0 aliphatic rings. The zero-order valence-electron chi connectivity index (χ0n) is 9.79. The van der Waals surface area contributed by atoms with E-state index in [1.165, 1.54) is 0 Å². The predicted octanol–water partition coefficient (Wildman–Crippen LogP) is 1.40. The van der Waals surface area contributed by atoms with Crippen molar-refractivity contribution in [2.24, 2.45) is 5.73 Å². The number of likely N-dealkylation sites (N-methyl/N-ethyl adjacent to an activating group) is 1. The van der Waals surface area contributed by atoms with Crippen LogP contribution in [0.1, 0.15) is 15.9 Å². The van der Waals surface area contributed by atoms with Crippen LogP contribution in [0, 0.1) is 5.82 Å². The third-order valence-corrected chi connectivity index (χ3v) is 2.27. The van der Waals surface area contributed by atoms with E-state index < -0.39 is 41.5 Å². The maximum atomic E-state index is 13.6. The zero-order chi connectivity index (χ0) is 14.8. The standard InChI is InChI=1S/C11H10F4N2O2/c1-17(5-8(16)18)10(19)6-3-2-4-7(9(6)12)11(13,14)15/h2-4H,5H2,1H3,(H2,16,18). The fraction of sp³-hybridized carbons (Fsp3) is 0.273. The average molecular weight is 278 g/mol. The lowest BCUT2D eigenvalue weighted by molar-refractivity contribution is -0.140. The second-order valence-corrected chi connectivity index (χ2v) is 3.79. The minimum atomic E-state index is -4.90. The molecule has 0 aromatic heterocycles. The van der Waals surface area contributed by atoms with Crippen LogP contribution in [0.4, 0.5) is 17.6 Å². The Balaban J connectivity index is 3.15. The van der Waals surface area contributed by atoms with Crippen LogP contribution in [0.2, 0.25) is 0 Å². The van der Waals surface area contributed by atoms with Gasteiger partial charge in [0.15, 0.2) is 0 Å². The first kappa shape index (κ1) is 14.9. The molecule has 0 unspecified atom stereocenters. The summed E-state index contributed by atoms with van der Waals surface area (Å²) in [5.41, 5.74) is 2.54. The number of hydrogen-bond donors (Lipinski definition) is 1. The van der Waals surface area contributed by atoms with Gasteiger partial charge in [-0.05, 0) is 12.1 Å². The smallest absolute Gasteiger partial charge is 0.368 e. The van der Waals surface area contributed by atoms with Gasteiger partial charge in [-0.3, -0.25) is 9.59 Å². The van der Waals surface area contributed by atoms with Gasteiger partial charge in [-0.2, -0.15) is 13.2 Å². The SMILES string of the molecule is CN(CC(N)=O)C(=O)c1cccc(C(F)(F)F)c1F. The van der Waals surface area contributed by atoms with Crippen molar-refractivity contribution >= 4 is 11.8 Å². The van der Waals surface area contributed by atoms with Gasteiger partial charge in [-0.1, -0.05) is 6.07 Å². The Kier molecular flexibility index (Phi) is 4.13. The molecule has 1 aromatic carbocycles. The summed E-state index contributed by atoms with van der Waals surface area (Å²) in [5, 5.41) is 0. The second-order valence-electron chi connectivity index (χ2n) is 3.79. The Morgan fingerprint density at radius 2 is 1.89 bits per heavy atom. The van der Waals surface area contributed by atoms with Crippen molar-refractivity contribution in [2.75, 3.05) is 13.6 Å². The number of alkyl halides is 3. The number of primary amides is 1. The molecule has 0 heterocycles. The van der Waals surface area contributed by atoms with E-state index in [2.05, 4.69) is 0 Å². The highest BCUT2D eigenvalue weighted by atomic mass is 19.4. The number of nitrogens with zero attached hydrogens (tertiary/aromatic N) is 1. The van der Waals surface area contributed by atoms with Crippen molar-refractivity contribution in [1.29, 1.82) is 0 Å². The quantitative estimate of drug-likeness (QED) is 0.849. The Hall–Kier alpha value is -2.12. The van der Waals surface area contributed by atoms with Crippen LogP contribution in [0.5, 0.6) is 0 Å². The highest BCUT2D eigenvalue weighted by Crippen LogP contribution is 2.32. The maximum absolute atomic E-state index is 13.6. The summed E-state index contributed by atoms with van der Waals surface area (Å²) in [6.45, 7) is -0.519. The first-order valence-corrected chi connectivity index (χ1v) is 5.04. The van der Waals surface area contributed by atoms with Crippen LogP contribution in [0.15, 0.2) is 18.2 Å². The van der Waals surface area contributed by atoms with Crippen molar-refractivity contribution in [2.45, 2.75) is 6.18 Å². The maximum Gasteiger partial charge on any atom is 0.419 e. The topological polar surface area (TPSA) is 63.4 Å². The van der Waals surface area contributed by atoms with Crippen molar-refractivity contribution in [1.82, 2.24) is 4.90 Å². The van der Waals surface area contributed by atoms with Crippen LogP contribution >= 0.6 is 0 Å². The fourth-order valence-corrected chi connectivity index (χ4v) is 1.43. The first-order chi connectivity index (χ1) is 8.64. The molecule has 0 aliphatic carbocycles. The van der Waals surface area contributed by atoms with Gasteiger partial charge in [0.2, 0.25) is 5.91 Å². The van der Waals surface area contributed by atoms with Crippen LogP contribution in [0.25, 0.3) is 0 Å². The van der Waals surface area contributed by atoms with E-state index in [1.807, 2.05) is 0 Å². The van der Waals surface area contributed by atoms with Crippen LogP contribution < -0.4 is 5.73 Å². The number of carbonyl (C=O) groups excluding carboxylic acids is 2. The Morgan fingerprint density at radius 1 is 1.32 bits per heavy atom. The number of nitrogens with two attached hydrogens (primary N) is 1. The molecule has 0 saturated heterocycles. The molecular formula is C11H10F4N2O2. The molecule has 0 bridgehead atoms. The van der Waals surface area contributed by atoms with E-state index in [1.54, 1.807) is 0 Å². The van der Waals surface area contributed by atoms with Crippen LogP contribution in [0.3, 0.4) is 0 Å². The summed E-state index contributed by atoms with van der Waals surface area (Å²) >= 11 is 0. The molecule has 4 nitrogen and oxygen atoms in total. The zero-order valence-corrected chi connectivity index (χ0v) is 9.79. The molecular weight excluding hydrogens is 268 g/mol. The van der Waals surface area contributed by atoms with Gasteiger partial charge in [0.1, 0.15) is 5.82 Å². The molecule has 104 valence electrons. The largest absolute Gasteiger partial charge is 0.419 e. The van der Waals surface area contributed by atoms with Gasteiger partial charge >= 0.3 is 6.18 Å². The van der Waals surface area contributed by atoms with Crippen molar-refractivity contribution < 1.29 is 27.2 Å². The molecule has 0 atom stereocenters. The number of amides is 2. The molecule has 19 heavy (non-hydrogen) atoms. The van der Waals surface area contributed by atoms with E-state index >= 15 is 0 Å². The molecule has 8 heteroatoms. The molecule has 2 amide bonds. The summed E-state index contributed by atoms with van der Waals surface area (Å²) < 4.78 is 51.0. The van der Waals surface area contributed by atoms with Crippen LogP contribution in [-0.2, 0) is 11.0 Å². The van der Waals surface area contributed by atoms with Gasteiger partial charge in [0.25, 0.3) is 5.91 Å². The highest BCUT2D eigenvalue weighted by molar-refractivity contribution is 5.96. The second kappa shape index (κ2) is 5.25. The third-order valence-electron chi connectivity index (χ3n) is 2.27. The number of hydrogen-bond acceptors (Lipinski definition) is 2. The molecule has 0 radical (unpaired) electrons. The average Bonchev–Trinajstić information content (AvgIpc) is 2.25. The van der Waals surface area contributed by atoms with E-state index in [0.29, 0.717) is 6.07 Å². The molecule has 1 rings (SSSR count). The van der Waals surface area contributed by atoms with Crippen molar-refractivity contribution in [3.63, 3.8) is 0 Å². The Labute approximate surface area is 105 Å². The van der Waals surface area contributed by atoms with E-state index in [4.69, 9.17) is 5.73 Å². The van der Waals surface area contributed by atoms with Gasteiger partial charge in [-0.25, -0.2) is 4.39 Å². The fourth-order valence-electron chi connectivity index (χ4n) is 1.43. The third kappa shape index (κ3) is 3.43. The lowest BCUT2D eigenvalue weighted by Gasteiger charge is -2.17. The molecule has 0 aliphatic heterocycles. The first-order valence-electron chi connectivity index (χ1n) is 5.04. The molecule has 0 fully saturated rings. The molecule has 2 N–H and O–H groups in total. The van der Waals surface area contributed by atoms with Gasteiger partial charge in [0.05, 0.1) is 17.7 Å². The normalized spacial score (nSPS) is 11.2. The van der Waals surface area contributed by atoms with Crippen molar-refractivity contribution in [3.8, 4) is 0 Å². The minimum Gasteiger partial charge on any atom is -0.368 e. The number of benzene rings is 1. The van der Waals surface area contributed by atoms with E-state index in [9.17, 15) is 27.2 Å². The number of halogens is 4. The van der Waals surface area contributed by atoms with Gasteiger partial charge in [0, 0.05) is 7.05 Å². The number of rotatable bonds is 3. The summed E-state index contributed by atoms with van der Waals surface area (Å²) in [7, 11) is 1.13. The monoisotopic (exact) mass is 278 g/mol. The Morgan fingerprint density at radius 3 is 2.37 bits per heavy atom. The summed E-state index contributed by atoms with van der Waals surface area (Å²) in [6.07, 6.45) is -4.90. The molecule has 0 spiro atoms. The van der Waals surface area contributed by atoms with E-state index in [0.717, 1.165) is 24.1 Å². The molecule has 1 aromatic rings. The van der Waals surface area contributed by atoms with E-state index in [-0.39, 0.29) is 0 Å². The lowest BCUT2D eigenvalue weighted by atomic mass is 10.1.